The monoisotopic (exact) mass is 440 g/mol. The number of rotatable bonds is 6. The molecule has 0 atom stereocenters. The molecule has 0 aliphatic heterocycles. The van der Waals surface area contributed by atoms with E-state index in [1.807, 2.05) is 24.3 Å². The van der Waals surface area contributed by atoms with Crippen LogP contribution in [0.3, 0.4) is 0 Å². The summed E-state index contributed by atoms with van der Waals surface area (Å²) >= 11 is 0. The minimum atomic E-state index is 0.00524. The molecule has 0 saturated heterocycles. The Labute approximate surface area is 188 Å². The maximum absolute atomic E-state index is 12.3. The van der Waals surface area contributed by atoms with Gasteiger partial charge in [0.15, 0.2) is 12.0 Å². The summed E-state index contributed by atoms with van der Waals surface area (Å²) in [6.07, 6.45) is 8.89. The van der Waals surface area contributed by atoms with Crippen LogP contribution in [-0.2, 0) is 11.2 Å². The number of fused-ring (bicyclic) bond motifs is 2. The first-order chi connectivity index (χ1) is 16.2. The van der Waals surface area contributed by atoms with E-state index in [0.29, 0.717) is 29.5 Å². The van der Waals surface area contributed by atoms with Gasteiger partial charge in [-0.3, -0.25) is 4.79 Å². The van der Waals surface area contributed by atoms with Crippen molar-refractivity contribution in [2.75, 3.05) is 17.7 Å². The Morgan fingerprint density at radius 1 is 1.15 bits per heavy atom. The molecule has 0 unspecified atom stereocenters. The number of benzene rings is 1. The number of hydrogen-bond donors (Lipinski definition) is 2. The minimum Gasteiger partial charge on any atom is -0.451 e. The molecule has 1 aromatic carbocycles. The molecule has 2 N–H and O–H groups in total. The predicted molar refractivity (Wildman–Crippen MR) is 123 cm³/mol. The van der Waals surface area contributed by atoms with Crippen molar-refractivity contribution in [1.82, 2.24) is 19.9 Å². The zero-order valence-corrected chi connectivity index (χ0v) is 17.8. The van der Waals surface area contributed by atoms with Crippen LogP contribution >= 0.6 is 0 Å². The number of anilines is 2. The third-order valence-corrected chi connectivity index (χ3v) is 5.79. The van der Waals surface area contributed by atoms with Crippen LogP contribution in [0.1, 0.15) is 24.1 Å². The highest BCUT2D eigenvalue weighted by Gasteiger charge is 2.30. The molecule has 9 heteroatoms. The van der Waals surface area contributed by atoms with Gasteiger partial charge in [0.2, 0.25) is 11.8 Å². The Bertz CT molecular complexity index is 1490. The van der Waals surface area contributed by atoms with E-state index in [0.717, 1.165) is 46.0 Å². The van der Waals surface area contributed by atoms with Crippen molar-refractivity contribution >= 4 is 39.4 Å². The SMILES string of the molecule is CNc1ncc(-c2nc3cccc(Cc4cocn4)c3o2)c2cc(NC(=O)C3CC3)ncc12. The number of carbonyl (C=O) groups is 1. The second kappa shape index (κ2) is 7.70. The highest BCUT2D eigenvalue weighted by molar-refractivity contribution is 6.03. The van der Waals surface area contributed by atoms with Crippen LogP contribution in [-0.4, -0.2) is 32.9 Å². The van der Waals surface area contributed by atoms with Gasteiger partial charge in [0.1, 0.15) is 23.4 Å². The smallest absolute Gasteiger partial charge is 0.229 e. The maximum atomic E-state index is 12.3. The van der Waals surface area contributed by atoms with E-state index in [9.17, 15) is 4.79 Å². The van der Waals surface area contributed by atoms with Crippen molar-refractivity contribution < 1.29 is 13.6 Å². The molecule has 5 aromatic rings. The van der Waals surface area contributed by atoms with Gasteiger partial charge in [0.25, 0.3) is 0 Å². The molecule has 9 nitrogen and oxygen atoms in total. The molecule has 4 heterocycles. The maximum Gasteiger partial charge on any atom is 0.229 e. The van der Waals surface area contributed by atoms with Crippen molar-refractivity contribution in [2.45, 2.75) is 19.3 Å². The van der Waals surface area contributed by atoms with Gasteiger partial charge >= 0.3 is 0 Å². The Hall–Kier alpha value is -4.27. The molecule has 0 bridgehead atoms. The highest BCUT2D eigenvalue weighted by Crippen LogP contribution is 2.35. The lowest BCUT2D eigenvalue weighted by atomic mass is 10.1. The fourth-order valence-corrected chi connectivity index (χ4v) is 3.93. The highest BCUT2D eigenvalue weighted by atomic mass is 16.3. The molecule has 1 aliphatic carbocycles. The quantitative estimate of drug-likeness (QED) is 0.399. The zero-order valence-electron chi connectivity index (χ0n) is 17.8. The van der Waals surface area contributed by atoms with Gasteiger partial charge in [-0.2, -0.15) is 0 Å². The van der Waals surface area contributed by atoms with Crippen LogP contribution in [0.4, 0.5) is 11.6 Å². The predicted octanol–water partition coefficient (Wildman–Crippen LogP) is 4.41. The first-order valence-corrected chi connectivity index (χ1v) is 10.7. The number of amides is 1. The number of nitrogens with zero attached hydrogens (tertiary/aromatic N) is 4. The van der Waals surface area contributed by atoms with E-state index in [-0.39, 0.29) is 11.8 Å². The van der Waals surface area contributed by atoms with E-state index in [2.05, 4.69) is 25.6 Å². The van der Waals surface area contributed by atoms with Crippen molar-refractivity contribution in [3.05, 3.63) is 60.6 Å². The molecule has 33 heavy (non-hydrogen) atoms. The van der Waals surface area contributed by atoms with E-state index in [4.69, 9.17) is 13.8 Å². The number of aromatic nitrogens is 4. The van der Waals surface area contributed by atoms with E-state index in [1.165, 1.54) is 6.39 Å². The molecular weight excluding hydrogens is 420 g/mol. The molecule has 1 amide bonds. The summed E-state index contributed by atoms with van der Waals surface area (Å²) in [4.78, 5) is 30.1. The van der Waals surface area contributed by atoms with Gasteiger partial charge in [0, 0.05) is 48.1 Å². The number of carbonyl (C=O) groups excluding carboxylic acids is 1. The summed E-state index contributed by atoms with van der Waals surface area (Å²) in [5.74, 6) is 1.72. The number of hydrogen-bond acceptors (Lipinski definition) is 8. The largest absolute Gasteiger partial charge is 0.451 e. The number of para-hydroxylation sites is 1. The van der Waals surface area contributed by atoms with Gasteiger partial charge in [-0.15, -0.1) is 0 Å². The van der Waals surface area contributed by atoms with E-state index < -0.39 is 0 Å². The second-order valence-corrected chi connectivity index (χ2v) is 8.09. The van der Waals surface area contributed by atoms with Crippen molar-refractivity contribution in [2.24, 2.45) is 5.92 Å². The summed E-state index contributed by atoms with van der Waals surface area (Å²) in [6.45, 7) is 0. The first-order valence-electron chi connectivity index (χ1n) is 10.7. The van der Waals surface area contributed by atoms with Crippen LogP contribution < -0.4 is 10.6 Å². The molecule has 4 aromatic heterocycles. The summed E-state index contributed by atoms with van der Waals surface area (Å²) in [7, 11) is 1.81. The fraction of sp³-hybridized carbons (Fsp3) is 0.208. The summed E-state index contributed by atoms with van der Waals surface area (Å²) < 4.78 is 11.3. The van der Waals surface area contributed by atoms with Crippen LogP contribution in [0.15, 0.2) is 58.2 Å². The normalized spacial score (nSPS) is 13.5. The van der Waals surface area contributed by atoms with Crippen LogP contribution in [0.25, 0.3) is 33.3 Å². The lowest BCUT2D eigenvalue weighted by molar-refractivity contribution is -0.117. The summed E-state index contributed by atoms with van der Waals surface area (Å²) in [5.41, 5.74) is 3.93. The minimum absolute atomic E-state index is 0.00524. The molecule has 0 radical (unpaired) electrons. The second-order valence-electron chi connectivity index (χ2n) is 8.09. The molecule has 164 valence electrons. The van der Waals surface area contributed by atoms with Crippen LogP contribution in [0.5, 0.6) is 0 Å². The molecule has 1 aliphatic rings. The summed E-state index contributed by atoms with van der Waals surface area (Å²) in [6, 6.07) is 7.69. The molecule has 6 rings (SSSR count). The van der Waals surface area contributed by atoms with Gasteiger partial charge in [-0.25, -0.2) is 19.9 Å². The van der Waals surface area contributed by atoms with Gasteiger partial charge in [-0.05, 0) is 25.0 Å². The Morgan fingerprint density at radius 2 is 2.06 bits per heavy atom. The van der Waals surface area contributed by atoms with Gasteiger partial charge in [-0.1, -0.05) is 12.1 Å². The van der Waals surface area contributed by atoms with Crippen LogP contribution in [0.2, 0.25) is 0 Å². The Kier molecular flexibility index (Phi) is 4.53. The first kappa shape index (κ1) is 19.4. The third-order valence-electron chi connectivity index (χ3n) is 5.79. The third kappa shape index (κ3) is 3.57. The number of nitrogens with one attached hydrogen (secondary N) is 2. The standard InChI is InChI=1S/C24H20N6O3/c1-25-22-17-9-26-20(30-23(31)13-5-6-13)8-16(17)18(10-27-22)24-29-19-4-2-3-14(21(19)33-24)7-15-11-32-12-28-15/h2-4,8-13H,5-7H2,1H3,(H,25,27)(H,26,30,31). The van der Waals surface area contributed by atoms with Crippen LogP contribution in [0, 0.1) is 5.92 Å². The molecule has 1 saturated carbocycles. The topological polar surface area (TPSA) is 119 Å². The fourth-order valence-electron chi connectivity index (χ4n) is 3.93. The molecule has 0 spiro atoms. The van der Waals surface area contributed by atoms with Crippen molar-refractivity contribution in [1.29, 1.82) is 0 Å². The van der Waals surface area contributed by atoms with Gasteiger partial charge < -0.3 is 19.5 Å². The Balaban J connectivity index is 1.46. The molecular formula is C24H20N6O3. The lowest BCUT2D eigenvalue weighted by Gasteiger charge is -2.10. The molecule has 1 fully saturated rings. The average Bonchev–Trinajstić information content (AvgIpc) is 3.39. The lowest BCUT2D eigenvalue weighted by Crippen LogP contribution is -2.14. The van der Waals surface area contributed by atoms with E-state index in [1.54, 1.807) is 25.7 Å². The zero-order chi connectivity index (χ0) is 22.4. The van der Waals surface area contributed by atoms with E-state index >= 15 is 0 Å². The van der Waals surface area contributed by atoms with Gasteiger partial charge in [0.05, 0.1) is 11.3 Å². The van der Waals surface area contributed by atoms with Crippen molar-refractivity contribution in [3.8, 4) is 11.5 Å². The Morgan fingerprint density at radius 3 is 2.85 bits per heavy atom. The van der Waals surface area contributed by atoms with Crippen molar-refractivity contribution in [3.63, 3.8) is 0 Å². The number of pyridine rings is 2. The summed E-state index contributed by atoms with van der Waals surface area (Å²) in [5, 5.41) is 7.65. The average molecular weight is 440 g/mol. The number of oxazole rings is 2.